The zero-order valence-corrected chi connectivity index (χ0v) is 12.2. The number of aromatic nitrogens is 4. The number of rotatable bonds is 5. The predicted octanol–water partition coefficient (Wildman–Crippen LogP) is -0.152. The van der Waals surface area contributed by atoms with Gasteiger partial charge in [0.2, 0.25) is 0 Å². The summed E-state index contributed by atoms with van der Waals surface area (Å²) in [5.41, 5.74) is 5.74. The Morgan fingerprint density at radius 3 is 2.59 bits per heavy atom. The first-order valence-electron chi connectivity index (χ1n) is 6.67. The lowest BCUT2D eigenvalue weighted by Gasteiger charge is -2.12. The minimum absolute atomic E-state index is 0.390. The molecule has 22 heavy (non-hydrogen) atoms. The lowest BCUT2D eigenvalue weighted by molar-refractivity contribution is -0.132. The van der Waals surface area contributed by atoms with Crippen molar-refractivity contribution in [2.75, 3.05) is 6.61 Å². The zero-order chi connectivity index (χ0) is 15.9. The molecule has 0 aliphatic rings. The summed E-state index contributed by atoms with van der Waals surface area (Å²) in [7, 11) is 0. The molecule has 1 aromatic heterocycles. The van der Waals surface area contributed by atoms with Crippen LogP contribution in [0.3, 0.4) is 0 Å². The summed E-state index contributed by atoms with van der Waals surface area (Å²) in [6.07, 6.45) is 0.817. The van der Waals surface area contributed by atoms with Gasteiger partial charge in [0, 0.05) is 12.2 Å². The summed E-state index contributed by atoms with van der Waals surface area (Å²) in [5.74, 6) is -0.846. The highest BCUT2D eigenvalue weighted by atomic mass is 16.5. The number of hydrogen-bond acceptors (Lipinski definition) is 6. The number of tetrazole rings is 1. The second kappa shape index (κ2) is 7.27. The molecule has 0 saturated carbocycles. The molecular weight excluding hydrogens is 288 g/mol. The first-order valence-corrected chi connectivity index (χ1v) is 6.67. The van der Waals surface area contributed by atoms with Crippen LogP contribution in [0.25, 0.3) is 5.69 Å². The van der Waals surface area contributed by atoms with Gasteiger partial charge >= 0.3 is 0 Å². The van der Waals surface area contributed by atoms with Gasteiger partial charge in [0.05, 0.1) is 5.69 Å². The van der Waals surface area contributed by atoms with Gasteiger partial charge in [-0.15, -0.1) is 5.10 Å². The smallest absolute Gasteiger partial charge is 0.269 e. The Balaban J connectivity index is 1.91. The number of hydrazine groups is 1. The standard InChI is InChI=1S/C13H16N6O3/c1-3-22-9(2)12(20)15-16-13(21)10-4-6-11(7-5-10)19-8-14-17-18-19/h4-9H,3H2,1-2H3,(H,15,20)(H,16,21)/t9-/m0/s1. The van der Waals surface area contributed by atoms with Crippen molar-refractivity contribution in [1.29, 1.82) is 0 Å². The van der Waals surface area contributed by atoms with E-state index in [0.29, 0.717) is 12.2 Å². The van der Waals surface area contributed by atoms with E-state index in [2.05, 4.69) is 26.4 Å². The lowest BCUT2D eigenvalue weighted by Crippen LogP contribution is -2.46. The Hall–Kier alpha value is -2.81. The molecule has 0 saturated heterocycles. The van der Waals surface area contributed by atoms with Crippen LogP contribution in [0.4, 0.5) is 0 Å². The molecule has 2 rings (SSSR count). The van der Waals surface area contributed by atoms with Crippen LogP contribution < -0.4 is 10.9 Å². The third-order valence-corrected chi connectivity index (χ3v) is 2.83. The number of carbonyl (C=O) groups excluding carboxylic acids is 2. The molecule has 0 unspecified atom stereocenters. The van der Waals surface area contributed by atoms with Crippen LogP contribution in [0.1, 0.15) is 24.2 Å². The highest BCUT2D eigenvalue weighted by Gasteiger charge is 2.13. The maximum atomic E-state index is 11.9. The van der Waals surface area contributed by atoms with Gasteiger partial charge in [-0.25, -0.2) is 4.68 Å². The second-order valence-electron chi connectivity index (χ2n) is 4.34. The zero-order valence-electron chi connectivity index (χ0n) is 12.2. The number of hydrogen-bond donors (Lipinski definition) is 2. The van der Waals surface area contributed by atoms with Crippen LogP contribution >= 0.6 is 0 Å². The fourth-order valence-electron chi connectivity index (χ4n) is 1.66. The Morgan fingerprint density at radius 2 is 2.00 bits per heavy atom. The highest BCUT2D eigenvalue weighted by molar-refractivity contribution is 5.95. The van der Waals surface area contributed by atoms with Gasteiger partial charge in [-0.1, -0.05) is 0 Å². The van der Waals surface area contributed by atoms with Crippen LogP contribution in [0.2, 0.25) is 0 Å². The van der Waals surface area contributed by atoms with E-state index in [1.807, 2.05) is 0 Å². The lowest BCUT2D eigenvalue weighted by atomic mass is 10.2. The van der Waals surface area contributed by atoms with Crippen LogP contribution in [0.5, 0.6) is 0 Å². The van der Waals surface area contributed by atoms with Gasteiger partial charge in [-0.3, -0.25) is 20.4 Å². The molecule has 0 bridgehead atoms. The average Bonchev–Trinajstić information content (AvgIpc) is 3.07. The van der Waals surface area contributed by atoms with Gasteiger partial charge in [-0.05, 0) is 48.5 Å². The van der Waals surface area contributed by atoms with Gasteiger partial charge in [0.25, 0.3) is 11.8 Å². The quantitative estimate of drug-likeness (QED) is 0.743. The normalized spacial score (nSPS) is 11.7. The molecule has 1 heterocycles. The molecule has 0 aliphatic heterocycles. The van der Waals surface area contributed by atoms with Crippen molar-refractivity contribution >= 4 is 11.8 Å². The number of nitrogens with one attached hydrogen (secondary N) is 2. The van der Waals surface area contributed by atoms with Crippen molar-refractivity contribution in [2.45, 2.75) is 20.0 Å². The van der Waals surface area contributed by atoms with Gasteiger partial charge in [-0.2, -0.15) is 0 Å². The molecular formula is C13H16N6O3. The van der Waals surface area contributed by atoms with E-state index in [0.717, 1.165) is 5.69 Å². The molecule has 1 atom stereocenters. The topological polar surface area (TPSA) is 111 Å². The first-order chi connectivity index (χ1) is 10.6. The Bertz CT molecular complexity index is 626. The summed E-state index contributed by atoms with van der Waals surface area (Å²) < 4.78 is 6.58. The summed E-state index contributed by atoms with van der Waals surface area (Å²) in [4.78, 5) is 23.5. The van der Waals surface area contributed by atoms with Crippen molar-refractivity contribution in [3.63, 3.8) is 0 Å². The monoisotopic (exact) mass is 304 g/mol. The van der Waals surface area contributed by atoms with Gasteiger partial charge in [0.1, 0.15) is 12.4 Å². The fraction of sp³-hybridized carbons (Fsp3) is 0.308. The number of ether oxygens (including phenoxy) is 1. The summed E-state index contributed by atoms with van der Waals surface area (Å²) >= 11 is 0. The van der Waals surface area contributed by atoms with E-state index >= 15 is 0 Å². The molecule has 116 valence electrons. The highest BCUT2D eigenvalue weighted by Crippen LogP contribution is 2.07. The maximum Gasteiger partial charge on any atom is 0.269 e. The van der Waals surface area contributed by atoms with E-state index in [-0.39, 0.29) is 0 Å². The van der Waals surface area contributed by atoms with E-state index in [4.69, 9.17) is 4.74 Å². The SMILES string of the molecule is CCO[C@@H](C)C(=O)NNC(=O)c1ccc(-n2cnnn2)cc1. The molecule has 0 radical (unpaired) electrons. The van der Waals surface area contributed by atoms with Crippen molar-refractivity contribution in [3.8, 4) is 5.69 Å². The third kappa shape index (κ3) is 3.85. The number of amides is 2. The predicted molar refractivity (Wildman–Crippen MR) is 75.9 cm³/mol. The van der Waals surface area contributed by atoms with Crippen LogP contribution in [0.15, 0.2) is 30.6 Å². The molecule has 1 aromatic carbocycles. The Kier molecular flexibility index (Phi) is 5.15. The van der Waals surface area contributed by atoms with Crippen molar-refractivity contribution in [3.05, 3.63) is 36.2 Å². The second-order valence-corrected chi connectivity index (χ2v) is 4.34. The molecule has 0 fully saturated rings. The summed E-state index contributed by atoms with van der Waals surface area (Å²) in [6.45, 7) is 3.81. The van der Waals surface area contributed by atoms with Gasteiger partial charge in [0.15, 0.2) is 0 Å². The minimum atomic E-state index is -0.632. The molecule has 2 N–H and O–H groups in total. The van der Waals surface area contributed by atoms with Crippen molar-refractivity contribution in [1.82, 2.24) is 31.1 Å². The van der Waals surface area contributed by atoms with E-state index in [1.54, 1.807) is 38.1 Å². The summed E-state index contributed by atoms with van der Waals surface area (Å²) in [6, 6.07) is 6.58. The molecule has 9 nitrogen and oxygen atoms in total. The van der Waals surface area contributed by atoms with Gasteiger partial charge < -0.3 is 4.74 Å². The maximum absolute atomic E-state index is 11.9. The van der Waals surface area contributed by atoms with E-state index in [9.17, 15) is 9.59 Å². The first kappa shape index (κ1) is 15.6. The molecule has 0 spiro atoms. The third-order valence-electron chi connectivity index (χ3n) is 2.83. The Morgan fingerprint density at radius 1 is 1.27 bits per heavy atom. The van der Waals surface area contributed by atoms with E-state index in [1.165, 1.54) is 11.0 Å². The number of nitrogens with zero attached hydrogens (tertiary/aromatic N) is 4. The fourth-order valence-corrected chi connectivity index (χ4v) is 1.66. The van der Waals surface area contributed by atoms with E-state index < -0.39 is 17.9 Å². The van der Waals surface area contributed by atoms with Crippen LogP contribution in [0, 0.1) is 0 Å². The molecule has 0 aliphatic carbocycles. The number of carbonyl (C=O) groups is 2. The Labute approximate surface area is 126 Å². The minimum Gasteiger partial charge on any atom is -0.369 e. The molecule has 2 amide bonds. The summed E-state index contributed by atoms with van der Waals surface area (Å²) in [5, 5.41) is 10.8. The molecule has 2 aromatic rings. The largest absolute Gasteiger partial charge is 0.369 e. The average molecular weight is 304 g/mol. The molecule has 9 heteroatoms. The van der Waals surface area contributed by atoms with Crippen molar-refractivity contribution < 1.29 is 14.3 Å². The number of benzene rings is 1. The van der Waals surface area contributed by atoms with Crippen LogP contribution in [-0.2, 0) is 9.53 Å². The van der Waals surface area contributed by atoms with Crippen LogP contribution in [-0.4, -0.2) is 44.7 Å². The van der Waals surface area contributed by atoms with Crippen molar-refractivity contribution in [2.24, 2.45) is 0 Å².